The minimum Gasteiger partial charge on any atom is -0.478 e. The lowest BCUT2D eigenvalue weighted by Crippen LogP contribution is -2.22. The molecule has 0 aliphatic carbocycles. The van der Waals surface area contributed by atoms with Gasteiger partial charge in [-0.25, -0.2) is 17.5 Å². The number of aliphatic carboxylic acids is 1. The first-order chi connectivity index (χ1) is 7.84. The number of benzene rings is 1. The van der Waals surface area contributed by atoms with Crippen LogP contribution in [0.2, 0.25) is 0 Å². The molecule has 0 aliphatic rings. The maximum Gasteiger partial charge on any atom is 0.328 e. The molecule has 17 heavy (non-hydrogen) atoms. The monoisotopic (exact) mass is 255 g/mol. The van der Waals surface area contributed by atoms with Gasteiger partial charge in [-0.2, -0.15) is 0 Å². The molecule has 6 heteroatoms. The molecule has 1 aromatic carbocycles. The van der Waals surface area contributed by atoms with Crippen LogP contribution >= 0.6 is 0 Å². The van der Waals surface area contributed by atoms with Gasteiger partial charge >= 0.3 is 5.97 Å². The molecule has 92 valence electrons. The zero-order valence-electron chi connectivity index (χ0n) is 9.49. The summed E-state index contributed by atoms with van der Waals surface area (Å²) in [5.41, 5.74) is 0.523. The highest BCUT2D eigenvalue weighted by Gasteiger charge is 2.16. The lowest BCUT2D eigenvalue weighted by atomic mass is 10.2. The lowest BCUT2D eigenvalue weighted by molar-refractivity contribution is -0.131. The number of nitrogens with zero attached hydrogens (tertiary/aromatic N) is 1. The topological polar surface area (TPSA) is 74.7 Å². The van der Waals surface area contributed by atoms with E-state index in [9.17, 15) is 13.2 Å². The van der Waals surface area contributed by atoms with E-state index in [1.807, 2.05) is 0 Å². The first-order valence-electron chi connectivity index (χ1n) is 4.77. The van der Waals surface area contributed by atoms with Crippen LogP contribution in [-0.4, -0.2) is 37.9 Å². The summed E-state index contributed by atoms with van der Waals surface area (Å²) in [7, 11) is -0.607. The molecule has 5 nitrogen and oxygen atoms in total. The second-order valence-electron chi connectivity index (χ2n) is 3.53. The summed E-state index contributed by atoms with van der Waals surface area (Å²) in [6.07, 6.45) is 2.30. The van der Waals surface area contributed by atoms with E-state index in [1.54, 1.807) is 12.1 Å². The van der Waals surface area contributed by atoms with E-state index < -0.39 is 16.0 Å². The van der Waals surface area contributed by atoms with Crippen molar-refractivity contribution in [3.8, 4) is 0 Å². The molecule has 0 unspecified atom stereocenters. The van der Waals surface area contributed by atoms with Gasteiger partial charge < -0.3 is 5.11 Å². The van der Waals surface area contributed by atoms with Crippen LogP contribution in [0.3, 0.4) is 0 Å². The van der Waals surface area contributed by atoms with Crippen molar-refractivity contribution in [3.05, 3.63) is 35.9 Å². The van der Waals surface area contributed by atoms with Crippen LogP contribution in [0.5, 0.6) is 0 Å². The molecule has 1 N–H and O–H groups in total. The van der Waals surface area contributed by atoms with Crippen molar-refractivity contribution in [2.24, 2.45) is 0 Å². The highest BCUT2D eigenvalue weighted by atomic mass is 32.2. The molecule has 1 rings (SSSR count). The fourth-order valence-electron chi connectivity index (χ4n) is 1.16. The predicted octanol–water partition coefficient (Wildman–Crippen LogP) is 1.03. The number of carboxylic acids is 1. The second kappa shape index (κ2) is 5.11. The minimum absolute atomic E-state index is 0.134. The molecule has 0 spiro atoms. The number of carbonyl (C=O) groups is 1. The van der Waals surface area contributed by atoms with Gasteiger partial charge in [0.25, 0.3) is 0 Å². The Morgan fingerprint density at radius 1 is 1.35 bits per heavy atom. The van der Waals surface area contributed by atoms with Crippen molar-refractivity contribution in [2.75, 3.05) is 14.1 Å². The summed E-state index contributed by atoms with van der Waals surface area (Å²) in [6, 6.07) is 6.09. The van der Waals surface area contributed by atoms with Gasteiger partial charge in [0.1, 0.15) is 0 Å². The Labute approximate surface area is 100 Å². The van der Waals surface area contributed by atoms with Gasteiger partial charge in [0.15, 0.2) is 0 Å². The zero-order valence-corrected chi connectivity index (χ0v) is 10.3. The van der Waals surface area contributed by atoms with Crippen molar-refractivity contribution in [1.29, 1.82) is 0 Å². The van der Waals surface area contributed by atoms with Crippen LogP contribution in [0.15, 0.2) is 35.2 Å². The Morgan fingerprint density at radius 2 is 2.00 bits per heavy atom. The Bertz CT molecular complexity index is 546. The Morgan fingerprint density at radius 3 is 2.53 bits per heavy atom. The maximum absolute atomic E-state index is 11.8. The average Bonchev–Trinajstić information content (AvgIpc) is 2.26. The van der Waals surface area contributed by atoms with E-state index in [1.165, 1.54) is 32.3 Å². The average molecular weight is 255 g/mol. The highest BCUT2D eigenvalue weighted by Crippen LogP contribution is 2.15. The SMILES string of the molecule is CN(C)S(=O)(=O)c1cccc(C=CC(=O)O)c1. The largest absolute Gasteiger partial charge is 0.478 e. The fourth-order valence-corrected chi connectivity index (χ4v) is 2.11. The Balaban J connectivity index is 3.15. The summed E-state index contributed by atoms with van der Waals surface area (Å²) < 4.78 is 24.7. The Hall–Kier alpha value is -1.66. The molecule has 0 aromatic heterocycles. The third-order valence-corrected chi connectivity index (χ3v) is 3.87. The summed E-state index contributed by atoms with van der Waals surface area (Å²) in [4.78, 5) is 10.5. The van der Waals surface area contributed by atoms with E-state index in [0.29, 0.717) is 5.56 Å². The van der Waals surface area contributed by atoms with Gasteiger partial charge in [-0.1, -0.05) is 12.1 Å². The van der Waals surface area contributed by atoms with Gasteiger partial charge in [-0.15, -0.1) is 0 Å². The van der Waals surface area contributed by atoms with Crippen LogP contribution in [0, 0.1) is 0 Å². The quantitative estimate of drug-likeness (QED) is 0.815. The number of carboxylic acid groups (broad SMARTS) is 1. The molecule has 0 saturated carbocycles. The zero-order chi connectivity index (χ0) is 13.1. The fraction of sp³-hybridized carbons (Fsp3) is 0.182. The molecule has 0 bridgehead atoms. The molecule has 0 saturated heterocycles. The van der Waals surface area contributed by atoms with Crippen LogP contribution in [0.25, 0.3) is 6.08 Å². The molecule has 0 heterocycles. The van der Waals surface area contributed by atoms with Crippen molar-refractivity contribution < 1.29 is 18.3 Å². The number of hydrogen-bond acceptors (Lipinski definition) is 3. The highest BCUT2D eigenvalue weighted by molar-refractivity contribution is 7.89. The third-order valence-electron chi connectivity index (χ3n) is 2.06. The molecule has 0 atom stereocenters. The molecule has 0 fully saturated rings. The standard InChI is InChI=1S/C11H13NO4S/c1-12(2)17(15,16)10-5-3-4-9(8-10)6-7-11(13)14/h3-8H,1-2H3,(H,13,14). The van der Waals surface area contributed by atoms with E-state index in [2.05, 4.69) is 0 Å². The number of hydrogen-bond donors (Lipinski definition) is 1. The van der Waals surface area contributed by atoms with Crippen LogP contribution in [0.4, 0.5) is 0 Å². The molecule has 0 aliphatic heterocycles. The van der Waals surface area contributed by atoms with E-state index in [4.69, 9.17) is 5.11 Å². The van der Waals surface area contributed by atoms with Gasteiger partial charge in [0, 0.05) is 20.2 Å². The Kier molecular flexibility index (Phi) is 4.03. The molecular weight excluding hydrogens is 242 g/mol. The molecule has 1 aromatic rings. The van der Waals surface area contributed by atoms with Gasteiger partial charge in [0.2, 0.25) is 10.0 Å². The number of rotatable bonds is 4. The van der Waals surface area contributed by atoms with Gasteiger partial charge in [-0.3, -0.25) is 0 Å². The van der Waals surface area contributed by atoms with E-state index in [0.717, 1.165) is 10.4 Å². The smallest absolute Gasteiger partial charge is 0.328 e. The van der Waals surface area contributed by atoms with Crippen molar-refractivity contribution in [1.82, 2.24) is 4.31 Å². The first kappa shape index (κ1) is 13.4. The number of sulfonamides is 1. The minimum atomic E-state index is -3.49. The molecule has 0 amide bonds. The van der Waals surface area contributed by atoms with E-state index >= 15 is 0 Å². The van der Waals surface area contributed by atoms with Crippen molar-refractivity contribution in [3.63, 3.8) is 0 Å². The lowest BCUT2D eigenvalue weighted by Gasteiger charge is -2.11. The maximum atomic E-state index is 11.8. The van der Waals surface area contributed by atoms with Crippen LogP contribution in [0.1, 0.15) is 5.56 Å². The van der Waals surface area contributed by atoms with Crippen molar-refractivity contribution in [2.45, 2.75) is 4.90 Å². The summed E-state index contributed by atoms with van der Waals surface area (Å²) in [5.74, 6) is -1.08. The normalized spacial score (nSPS) is 12.2. The van der Waals surface area contributed by atoms with Crippen LogP contribution < -0.4 is 0 Å². The summed E-state index contributed by atoms with van der Waals surface area (Å²) >= 11 is 0. The summed E-state index contributed by atoms with van der Waals surface area (Å²) in [5, 5.41) is 8.48. The predicted molar refractivity (Wildman–Crippen MR) is 64.0 cm³/mol. The van der Waals surface area contributed by atoms with Crippen molar-refractivity contribution >= 4 is 22.1 Å². The van der Waals surface area contributed by atoms with E-state index in [-0.39, 0.29) is 4.90 Å². The van der Waals surface area contributed by atoms with Crippen LogP contribution in [-0.2, 0) is 14.8 Å². The molecular formula is C11H13NO4S. The second-order valence-corrected chi connectivity index (χ2v) is 5.68. The summed E-state index contributed by atoms with van der Waals surface area (Å²) in [6.45, 7) is 0. The molecule has 0 radical (unpaired) electrons. The van der Waals surface area contributed by atoms with Gasteiger partial charge in [0.05, 0.1) is 4.90 Å². The van der Waals surface area contributed by atoms with Gasteiger partial charge in [-0.05, 0) is 23.8 Å². The third kappa shape index (κ3) is 3.40. The first-order valence-corrected chi connectivity index (χ1v) is 6.21.